The number of benzene rings is 2. The summed E-state index contributed by atoms with van der Waals surface area (Å²) in [6.07, 6.45) is 1.30. The smallest absolute Gasteiger partial charge is 0.315 e. The number of methoxy groups -OCH3 is 1. The van der Waals surface area contributed by atoms with Gasteiger partial charge < -0.3 is 9.84 Å². The van der Waals surface area contributed by atoms with Gasteiger partial charge in [-0.05, 0) is 25.1 Å². The molecule has 28 heavy (non-hydrogen) atoms. The molecule has 0 fully saturated rings. The van der Waals surface area contributed by atoms with Crippen LogP contribution in [-0.4, -0.2) is 32.9 Å². The number of anilines is 1. The van der Waals surface area contributed by atoms with E-state index in [0.29, 0.717) is 23.0 Å². The van der Waals surface area contributed by atoms with E-state index in [4.69, 9.17) is 4.74 Å². The van der Waals surface area contributed by atoms with E-state index in [9.17, 15) is 20.0 Å². The average molecular weight is 383 g/mol. The largest absolute Gasteiger partial charge is 0.500 e. The first kappa shape index (κ1) is 18.8. The van der Waals surface area contributed by atoms with Crippen molar-refractivity contribution in [1.29, 1.82) is 0 Å². The molecule has 0 bridgehead atoms. The van der Waals surface area contributed by atoms with Crippen LogP contribution in [0.25, 0.3) is 10.9 Å². The van der Waals surface area contributed by atoms with Crippen LogP contribution in [0, 0.1) is 10.1 Å². The summed E-state index contributed by atoms with van der Waals surface area (Å²) in [6.45, 7) is 2.19. The van der Waals surface area contributed by atoms with E-state index >= 15 is 0 Å². The molecule has 0 spiro atoms. The van der Waals surface area contributed by atoms with Crippen LogP contribution >= 0.6 is 0 Å². The van der Waals surface area contributed by atoms with Gasteiger partial charge in [-0.1, -0.05) is 12.1 Å². The summed E-state index contributed by atoms with van der Waals surface area (Å²) >= 11 is 0. The molecule has 0 amide bonds. The van der Waals surface area contributed by atoms with E-state index in [-0.39, 0.29) is 17.3 Å². The second-order valence-electron chi connectivity index (χ2n) is 5.72. The van der Waals surface area contributed by atoms with E-state index < -0.39 is 16.4 Å². The van der Waals surface area contributed by atoms with Gasteiger partial charge in [0, 0.05) is 18.2 Å². The van der Waals surface area contributed by atoms with Crippen molar-refractivity contribution in [3.8, 4) is 11.5 Å². The van der Waals surface area contributed by atoms with Crippen molar-refractivity contribution in [2.75, 3.05) is 12.5 Å². The van der Waals surface area contributed by atoms with Crippen LogP contribution < -0.4 is 15.7 Å². The molecule has 3 rings (SSSR count). The highest BCUT2D eigenvalue weighted by Gasteiger charge is 2.19. The highest BCUT2D eigenvalue weighted by Crippen LogP contribution is 2.36. The highest BCUT2D eigenvalue weighted by molar-refractivity contribution is 5.84. The van der Waals surface area contributed by atoms with Gasteiger partial charge in [0.15, 0.2) is 5.75 Å². The number of hydrogen-bond donors (Lipinski definition) is 2. The molecule has 0 atom stereocenters. The van der Waals surface area contributed by atoms with Gasteiger partial charge in [0.25, 0.3) is 5.56 Å². The number of nitrogens with zero attached hydrogens (tertiary/aromatic N) is 4. The third-order valence-electron chi connectivity index (χ3n) is 4.05. The lowest BCUT2D eigenvalue weighted by Gasteiger charge is -2.10. The number of para-hydroxylation sites is 1. The monoisotopic (exact) mass is 383 g/mol. The highest BCUT2D eigenvalue weighted by atomic mass is 16.6. The van der Waals surface area contributed by atoms with Crippen LogP contribution in [0.4, 0.5) is 11.6 Å². The Hall–Kier alpha value is -3.95. The predicted molar refractivity (Wildman–Crippen MR) is 104 cm³/mol. The molecule has 0 aliphatic carbocycles. The van der Waals surface area contributed by atoms with Gasteiger partial charge in [-0.25, -0.2) is 10.4 Å². The molecule has 10 nitrogen and oxygen atoms in total. The standard InChI is InChI=1S/C18H17N5O5/c1-3-22-17(25)12-6-4-5-7-13(12)20-18(22)21-19-10-11-8-14(23(26)27)16(24)15(9-11)28-2/h4-10,24H,3H2,1-2H3,(H,20,21)/b19-10-. The molecule has 3 aromatic rings. The lowest BCUT2D eigenvalue weighted by atomic mass is 10.2. The zero-order valence-electron chi connectivity index (χ0n) is 15.1. The minimum absolute atomic E-state index is 0.0510. The maximum Gasteiger partial charge on any atom is 0.315 e. The number of fused-ring (bicyclic) bond motifs is 1. The normalized spacial score (nSPS) is 11.1. The number of phenolic OH excluding ortho intramolecular Hbond substituents is 1. The topological polar surface area (TPSA) is 132 Å². The SMILES string of the molecule is CCn1c(N/N=C\c2cc(OC)c(O)c([N+](=O)[O-])c2)nc2ccccc2c1=O. The number of ether oxygens (including phenoxy) is 1. The molecule has 2 aromatic carbocycles. The quantitative estimate of drug-likeness (QED) is 0.380. The molecule has 2 N–H and O–H groups in total. The van der Waals surface area contributed by atoms with Gasteiger partial charge in [-0.3, -0.25) is 19.5 Å². The Labute approximate surface area is 158 Å². The summed E-state index contributed by atoms with van der Waals surface area (Å²) in [5.41, 5.74) is 2.83. The van der Waals surface area contributed by atoms with Gasteiger partial charge in [-0.15, -0.1) is 0 Å². The second-order valence-corrected chi connectivity index (χ2v) is 5.72. The maximum atomic E-state index is 12.6. The Bertz CT molecular complexity index is 1140. The number of aromatic nitrogens is 2. The van der Waals surface area contributed by atoms with Crippen molar-refractivity contribution in [3.63, 3.8) is 0 Å². The van der Waals surface area contributed by atoms with Crippen molar-refractivity contribution in [3.05, 3.63) is 62.4 Å². The van der Waals surface area contributed by atoms with E-state index in [2.05, 4.69) is 15.5 Å². The summed E-state index contributed by atoms with van der Waals surface area (Å²) in [6, 6.07) is 9.52. The third-order valence-corrected chi connectivity index (χ3v) is 4.05. The zero-order valence-corrected chi connectivity index (χ0v) is 15.1. The molecule has 144 valence electrons. The summed E-state index contributed by atoms with van der Waals surface area (Å²) in [5.74, 6) is -0.374. The molecular formula is C18H17N5O5. The van der Waals surface area contributed by atoms with E-state index in [1.165, 1.54) is 24.0 Å². The summed E-state index contributed by atoms with van der Waals surface area (Å²) < 4.78 is 6.38. The Balaban J connectivity index is 1.96. The molecule has 0 radical (unpaired) electrons. The van der Waals surface area contributed by atoms with Crippen molar-refractivity contribution >= 4 is 28.8 Å². The number of aromatic hydroxyl groups is 1. The van der Waals surface area contributed by atoms with Crippen LogP contribution in [0.3, 0.4) is 0 Å². The predicted octanol–water partition coefficient (Wildman–Crippen LogP) is 2.48. The lowest BCUT2D eigenvalue weighted by molar-refractivity contribution is -0.386. The van der Waals surface area contributed by atoms with Crippen molar-refractivity contribution < 1.29 is 14.8 Å². The van der Waals surface area contributed by atoms with E-state index in [0.717, 1.165) is 6.07 Å². The molecule has 0 saturated heterocycles. The van der Waals surface area contributed by atoms with Gasteiger partial charge in [0.1, 0.15) is 0 Å². The first-order valence-electron chi connectivity index (χ1n) is 8.30. The Morgan fingerprint density at radius 3 is 2.82 bits per heavy atom. The molecule has 0 aliphatic rings. The fourth-order valence-electron chi connectivity index (χ4n) is 2.69. The minimum Gasteiger partial charge on any atom is -0.500 e. The molecule has 0 unspecified atom stereocenters. The van der Waals surface area contributed by atoms with Gasteiger partial charge >= 0.3 is 5.69 Å². The molecule has 1 heterocycles. The van der Waals surface area contributed by atoms with Crippen molar-refractivity contribution in [2.45, 2.75) is 13.5 Å². The Kier molecular flexibility index (Phi) is 5.21. The Morgan fingerprint density at radius 2 is 2.14 bits per heavy atom. The number of nitro groups is 1. The van der Waals surface area contributed by atoms with E-state index in [1.807, 2.05) is 0 Å². The summed E-state index contributed by atoms with van der Waals surface area (Å²) in [7, 11) is 1.29. The van der Waals surface area contributed by atoms with Crippen LogP contribution in [0.1, 0.15) is 12.5 Å². The van der Waals surface area contributed by atoms with Crippen LogP contribution in [0.15, 0.2) is 46.3 Å². The van der Waals surface area contributed by atoms with Gasteiger partial charge in [0.2, 0.25) is 11.7 Å². The molecular weight excluding hydrogens is 366 g/mol. The van der Waals surface area contributed by atoms with Crippen LogP contribution in [0.2, 0.25) is 0 Å². The fraction of sp³-hybridized carbons (Fsp3) is 0.167. The second kappa shape index (κ2) is 7.74. The first-order valence-corrected chi connectivity index (χ1v) is 8.30. The molecule has 0 saturated carbocycles. The third kappa shape index (κ3) is 3.47. The zero-order chi connectivity index (χ0) is 20.3. The van der Waals surface area contributed by atoms with Gasteiger partial charge in [-0.2, -0.15) is 5.10 Å². The number of hydrazone groups is 1. The minimum atomic E-state index is -0.720. The lowest BCUT2D eigenvalue weighted by Crippen LogP contribution is -2.23. The summed E-state index contributed by atoms with van der Waals surface area (Å²) in [5, 5.41) is 25.4. The van der Waals surface area contributed by atoms with Crippen molar-refractivity contribution in [2.24, 2.45) is 5.10 Å². The number of nitrogens with one attached hydrogen (secondary N) is 1. The summed E-state index contributed by atoms with van der Waals surface area (Å²) in [4.78, 5) is 27.3. The number of nitro benzene ring substituents is 1. The Morgan fingerprint density at radius 1 is 1.39 bits per heavy atom. The van der Waals surface area contributed by atoms with Crippen LogP contribution in [-0.2, 0) is 6.54 Å². The molecule has 10 heteroatoms. The van der Waals surface area contributed by atoms with Crippen molar-refractivity contribution in [1.82, 2.24) is 9.55 Å². The number of hydrogen-bond acceptors (Lipinski definition) is 8. The maximum absolute atomic E-state index is 12.6. The molecule has 1 aromatic heterocycles. The number of rotatable bonds is 6. The van der Waals surface area contributed by atoms with E-state index in [1.54, 1.807) is 31.2 Å². The number of phenols is 1. The van der Waals surface area contributed by atoms with Crippen LogP contribution in [0.5, 0.6) is 11.5 Å². The molecule has 0 aliphatic heterocycles. The first-order chi connectivity index (χ1) is 13.5. The fourth-order valence-corrected chi connectivity index (χ4v) is 2.69. The van der Waals surface area contributed by atoms with Gasteiger partial charge in [0.05, 0.1) is 29.2 Å². The average Bonchev–Trinajstić information content (AvgIpc) is 2.69.